The highest BCUT2D eigenvalue weighted by atomic mass is 32.1. The molecule has 1 aromatic carbocycles. The molecule has 1 amide bonds. The number of thiazole rings is 1. The van der Waals surface area contributed by atoms with Crippen molar-refractivity contribution >= 4 is 61.0 Å². The van der Waals surface area contributed by atoms with Crippen molar-refractivity contribution < 1.29 is 14.7 Å². The van der Waals surface area contributed by atoms with E-state index in [1.807, 2.05) is 29.6 Å². The number of carbonyl (C=O) groups excluding carboxylic acids is 2. The van der Waals surface area contributed by atoms with Crippen molar-refractivity contribution in [1.82, 2.24) is 4.98 Å². The zero-order valence-corrected chi connectivity index (χ0v) is 18.3. The maximum atomic E-state index is 13.2. The number of rotatable bonds is 5. The second kappa shape index (κ2) is 7.46. The highest BCUT2D eigenvalue weighted by Crippen LogP contribution is 2.45. The molecule has 5 rings (SSSR count). The van der Waals surface area contributed by atoms with Gasteiger partial charge in [0.25, 0.3) is 5.91 Å². The molecule has 0 aliphatic carbocycles. The van der Waals surface area contributed by atoms with Crippen LogP contribution in [0.1, 0.15) is 33.1 Å². The average molecular weight is 453 g/mol. The standard InChI is InChI=1S/C22H16N2O3S3/c1-2-12-7-8-13-16(11-12)30-22(23-13)24-18(14-5-3-9-28-14)17(20(26)21(24)27)19(25)15-6-4-10-29-15/h3-11,18,26H,2H2,1H3/t18-/m0/s1. The van der Waals surface area contributed by atoms with E-state index in [-0.39, 0.29) is 11.4 Å². The molecular formula is C22H16N2O3S3. The minimum Gasteiger partial charge on any atom is -0.503 e. The van der Waals surface area contributed by atoms with E-state index in [1.54, 1.807) is 17.5 Å². The average Bonchev–Trinajstić information content (AvgIpc) is 3.54. The molecule has 1 aliphatic heterocycles. The Labute approximate surface area is 184 Å². The second-order valence-electron chi connectivity index (χ2n) is 6.81. The van der Waals surface area contributed by atoms with Gasteiger partial charge in [-0.3, -0.25) is 14.5 Å². The third kappa shape index (κ3) is 2.99. The number of benzene rings is 1. The Bertz CT molecular complexity index is 1290. The van der Waals surface area contributed by atoms with E-state index in [0.29, 0.717) is 10.0 Å². The van der Waals surface area contributed by atoms with Crippen LogP contribution in [0.3, 0.4) is 0 Å². The van der Waals surface area contributed by atoms with Crippen LogP contribution in [-0.4, -0.2) is 21.8 Å². The van der Waals surface area contributed by atoms with Gasteiger partial charge in [-0.2, -0.15) is 0 Å². The quantitative estimate of drug-likeness (QED) is 0.391. The maximum Gasteiger partial charge on any atom is 0.296 e. The Morgan fingerprint density at radius 1 is 1.17 bits per heavy atom. The van der Waals surface area contributed by atoms with E-state index in [0.717, 1.165) is 21.5 Å². The lowest BCUT2D eigenvalue weighted by Crippen LogP contribution is -2.30. The van der Waals surface area contributed by atoms with E-state index in [9.17, 15) is 14.7 Å². The first kappa shape index (κ1) is 19.2. The van der Waals surface area contributed by atoms with Gasteiger partial charge in [-0.05, 0) is 47.0 Å². The summed E-state index contributed by atoms with van der Waals surface area (Å²) in [4.78, 5) is 33.7. The van der Waals surface area contributed by atoms with Crippen LogP contribution >= 0.6 is 34.0 Å². The summed E-state index contributed by atoms with van der Waals surface area (Å²) >= 11 is 4.13. The van der Waals surface area contributed by atoms with E-state index < -0.39 is 17.7 Å². The topological polar surface area (TPSA) is 70.5 Å². The van der Waals surface area contributed by atoms with Crippen molar-refractivity contribution in [2.75, 3.05) is 4.90 Å². The molecule has 0 radical (unpaired) electrons. The summed E-state index contributed by atoms with van der Waals surface area (Å²) in [5.74, 6) is -1.42. The number of Topliss-reactive ketones (excluding diaryl/α,β-unsaturated/α-hetero) is 1. The van der Waals surface area contributed by atoms with E-state index in [4.69, 9.17) is 0 Å². The number of hydrogen-bond donors (Lipinski definition) is 1. The monoisotopic (exact) mass is 452 g/mol. The van der Waals surface area contributed by atoms with Crippen molar-refractivity contribution in [1.29, 1.82) is 0 Å². The zero-order chi connectivity index (χ0) is 20.8. The number of hydrogen-bond acceptors (Lipinski definition) is 7. The predicted octanol–water partition coefficient (Wildman–Crippen LogP) is 5.76. The fourth-order valence-corrected chi connectivity index (χ4v) is 6.13. The summed E-state index contributed by atoms with van der Waals surface area (Å²) in [5, 5.41) is 14.9. The third-order valence-electron chi connectivity index (χ3n) is 5.07. The summed E-state index contributed by atoms with van der Waals surface area (Å²) in [6.07, 6.45) is 0.908. The van der Waals surface area contributed by atoms with E-state index in [2.05, 4.69) is 18.0 Å². The smallest absolute Gasteiger partial charge is 0.296 e. The molecule has 150 valence electrons. The van der Waals surface area contributed by atoms with Gasteiger partial charge in [-0.25, -0.2) is 4.98 Å². The molecule has 0 saturated heterocycles. The second-order valence-corrected chi connectivity index (χ2v) is 9.75. The number of anilines is 1. The summed E-state index contributed by atoms with van der Waals surface area (Å²) in [7, 11) is 0. The van der Waals surface area contributed by atoms with Crippen LogP contribution in [0.25, 0.3) is 10.2 Å². The molecule has 0 unspecified atom stereocenters. The Hall–Kier alpha value is -2.81. The number of aryl methyl sites for hydroxylation is 1. The number of ketones is 1. The van der Waals surface area contributed by atoms with Gasteiger partial charge in [0.1, 0.15) is 6.04 Å². The minimum absolute atomic E-state index is 0.110. The summed E-state index contributed by atoms with van der Waals surface area (Å²) in [6, 6.07) is 12.6. The first-order chi connectivity index (χ1) is 14.6. The van der Waals surface area contributed by atoms with Crippen LogP contribution in [0, 0.1) is 0 Å². The lowest BCUT2D eigenvalue weighted by Gasteiger charge is -2.22. The van der Waals surface area contributed by atoms with Crippen LogP contribution in [0.2, 0.25) is 0 Å². The van der Waals surface area contributed by atoms with Gasteiger partial charge in [0, 0.05) is 4.88 Å². The number of aromatic nitrogens is 1. The SMILES string of the molecule is CCc1ccc2nc(N3C(=O)C(O)=C(C(=O)c4cccs4)[C@@H]3c3cccs3)sc2c1. The largest absolute Gasteiger partial charge is 0.503 e. The van der Waals surface area contributed by atoms with Crippen molar-refractivity contribution in [2.45, 2.75) is 19.4 Å². The van der Waals surface area contributed by atoms with Crippen LogP contribution in [0.15, 0.2) is 64.6 Å². The van der Waals surface area contributed by atoms with Crippen LogP contribution in [0.5, 0.6) is 0 Å². The molecule has 5 nitrogen and oxygen atoms in total. The minimum atomic E-state index is -0.696. The Kier molecular flexibility index (Phi) is 4.77. The molecule has 8 heteroatoms. The molecule has 30 heavy (non-hydrogen) atoms. The lowest BCUT2D eigenvalue weighted by atomic mass is 10.0. The molecule has 1 aliphatic rings. The van der Waals surface area contributed by atoms with Crippen LogP contribution in [-0.2, 0) is 11.2 Å². The van der Waals surface area contributed by atoms with Crippen LogP contribution in [0.4, 0.5) is 5.13 Å². The van der Waals surface area contributed by atoms with Gasteiger partial charge in [-0.15, -0.1) is 22.7 Å². The predicted molar refractivity (Wildman–Crippen MR) is 122 cm³/mol. The van der Waals surface area contributed by atoms with Gasteiger partial charge >= 0.3 is 0 Å². The summed E-state index contributed by atoms with van der Waals surface area (Å²) in [6.45, 7) is 2.09. The zero-order valence-electron chi connectivity index (χ0n) is 15.9. The van der Waals surface area contributed by atoms with E-state index >= 15 is 0 Å². The molecule has 1 atom stereocenters. The summed E-state index contributed by atoms with van der Waals surface area (Å²) in [5.41, 5.74) is 2.09. The van der Waals surface area contributed by atoms with Gasteiger partial charge in [0.2, 0.25) is 5.78 Å². The molecule has 0 bridgehead atoms. The Balaban J connectivity index is 1.65. The normalized spacial score (nSPS) is 16.8. The number of amides is 1. The lowest BCUT2D eigenvalue weighted by molar-refractivity contribution is -0.117. The Morgan fingerprint density at radius 2 is 1.97 bits per heavy atom. The molecule has 4 heterocycles. The highest BCUT2D eigenvalue weighted by Gasteiger charge is 2.46. The Morgan fingerprint density at radius 3 is 2.67 bits per heavy atom. The molecule has 3 aromatic heterocycles. The van der Waals surface area contributed by atoms with Crippen LogP contribution < -0.4 is 4.90 Å². The molecular weight excluding hydrogens is 436 g/mol. The number of fused-ring (bicyclic) bond motifs is 1. The fraction of sp³-hybridized carbons (Fsp3) is 0.136. The molecule has 0 spiro atoms. The molecule has 0 saturated carbocycles. The number of carbonyl (C=O) groups is 2. The van der Waals surface area contributed by atoms with Crippen molar-refractivity contribution in [3.63, 3.8) is 0 Å². The van der Waals surface area contributed by atoms with Gasteiger partial charge < -0.3 is 5.11 Å². The number of aliphatic hydroxyl groups is 1. The summed E-state index contributed by atoms with van der Waals surface area (Å²) < 4.78 is 0.972. The maximum absolute atomic E-state index is 13.2. The van der Waals surface area contributed by atoms with Crippen molar-refractivity contribution in [2.24, 2.45) is 0 Å². The number of aliphatic hydroxyl groups excluding tert-OH is 1. The van der Waals surface area contributed by atoms with Crippen molar-refractivity contribution in [3.05, 3.63) is 79.9 Å². The number of thiophene rings is 2. The van der Waals surface area contributed by atoms with Crippen molar-refractivity contribution in [3.8, 4) is 0 Å². The highest BCUT2D eigenvalue weighted by molar-refractivity contribution is 7.22. The number of nitrogens with zero attached hydrogens (tertiary/aromatic N) is 2. The van der Waals surface area contributed by atoms with E-state index in [1.165, 1.54) is 44.5 Å². The van der Waals surface area contributed by atoms with Gasteiger partial charge in [-0.1, -0.05) is 36.5 Å². The fourth-order valence-electron chi connectivity index (χ4n) is 3.57. The first-order valence-corrected chi connectivity index (χ1v) is 11.9. The van der Waals surface area contributed by atoms with Gasteiger partial charge in [0.05, 0.1) is 20.7 Å². The third-order valence-corrected chi connectivity index (χ3v) is 7.88. The van der Waals surface area contributed by atoms with Gasteiger partial charge in [0.15, 0.2) is 10.9 Å². The first-order valence-electron chi connectivity index (χ1n) is 9.36. The molecule has 4 aromatic rings. The molecule has 0 fully saturated rings. The molecule has 1 N–H and O–H groups in total.